The number of nitrogens with one attached hydrogen (secondary N) is 1. The number of unbranched alkanes of at least 4 members (excludes halogenated alkanes) is 1. The van der Waals surface area contributed by atoms with Crippen LogP contribution in [-0.4, -0.2) is 50.3 Å². The molecule has 0 bridgehead atoms. The third-order valence-electron chi connectivity index (χ3n) is 4.61. The zero-order chi connectivity index (χ0) is 26.3. The first-order valence-electron chi connectivity index (χ1n) is 10.1. The largest absolute Gasteiger partial charge is 0.490 e. The van der Waals surface area contributed by atoms with Gasteiger partial charge in [0.25, 0.3) is 10.0 Å². The molecule has 0 amide bonds. The first-order chi connectivity index (χ1) is 15.6. The van der Waals surface area contributed by atoms with Crippen molar-refractivity contribution >= 4 is 33.3 Å². The van der Waals surface area contributed by atoms with E-state index in [9.17, 15) is 31.5 Å². The minimum absolute atomic E-state index is 0.0287. The lowest BCUT2D eigenvalue weighted by molar-refractivity contribution is -0.192. The fourth-order valence-corrected chi connectivity index (χ4v) is 4.19. The van der Waals surface area contributed by atoms with Gasteiger partial charge in [0, 0.05) is 13.6 Å². The molecule has 12 heteroatoms. The van der Waals surface area contributed by atoms with E-state index in [1.807, 2.05) is 18.9 Å². The SMILES string of the molecule is CCCCN(C)c1ccc(C(=O)O)cc1NS(=O)(=O)c1ccc(C)cc1C.O=C(O)C(F)(F)F. The molecule has 8 nitrogen and oxygen atoms in total. The average molecular weight is 505 g/mol. The Morgan fingerprint density at radius 1 is 1.06 bits per heavy atom. The number of carbonyl (C=O) groups is 2. The number of halogens is 3. The molecule has 0 aliphatic heterocycles. The minimum Gasteiger partial charge on any atom is -0.478 e. The molecule has 0 heterocycles. The van der Waals surface area contributed by atoms with Crippen LogP contribution in [0.5, 0.6) is 0 Å². The van der Waals surface area contributed by atoms with Gasteiger partial charge in [-0.1, -0.05) is 31.0 Å². The Kier molecular flexibility index (Phi) is 9.92. The highest BCUT2D eigenvalue weighted by molar-refractivity contribution is 7.92. The van der Waals surface area contributed by atoms with Crippen molar-refractivity contribution in [2.45, 2.75) is 44.7 Å². The molecule has 0 spiro atoms. The van der Waals surface area contributed by atoms with E-state index in [1.165, 1.54) is 12.1 Å². The van der Waals surface area contributed by atoms with Gasteiger partial charge in [0.1, 0.15) is 0 Å². The highest BCUT2D eigenvalue weighted by Gasteiger charge is 2.38. The Bertz CT molecular complexity index is 1130. The Hall–Kier alpha value is -3.28. The molecule has 0 atom stereocenters. The number of sulfonamides is 1. The van der Waals surface area contributed by atoms with Crippen LogP contribution in [0.1, 0.15) is 41.3 Å². The molecule has 2 aromatic rings. The number of benzene rings is 2. The molecule has 188 valence electrons. The monoisotopic (exact) mass is 504 g/mol. The standard InChI is InChI=1S/C20H26N2O4S.C2HF3O2/c1-5-6-11-22(4)18-9-8-16(20(23)24)13-17(18)21-27(25,26)19-10-7-14(2)12-15(19)3;3-2(4,5)1(6)7/h7-10,12-13,21H,5-6,11H2,1-4H3,(H,23,24);(H,6,7). The average Bonchev–Trinajstić information content (AvgIpc) is 2.71. The molecule has 2 aromatic carbocycles. The molecule has 2 rings (SSSR count). The quantitative estimate of drug-likeness (QED) is 0.477. The maximum Gasteiger partial charge on any atom is 0.490 e. The lowest BCUT2D eigenvalue weighted by Crippen LogP contribution is -2.22. The number of aliphatic carboxylic acids is 1. The van der Waals surface area contributed by atoms with Crippen molar-refractivity contribution in [1.82, 2.24) is 0 Å². The highest BCUT2D eigenvalue weighted by atomic mass is 32.2. The van der Waals surface area contributed by atoms with Gasteiger partial charge in [-0.3, -0.25) is 4.72 Å². The van der Waals surface area contributed by atoms with Crippen molar-refractivity contribution in [2.75, 3.05) is 23.2 Å². The maximum atomic E-state index is 12.9. The molecule has 0 aromatic heterocycles. The Balaban J connectivity index is 0.000000718. The summed E-state index contributed by atoms with van der Waals surface area (Å²) in [5, 5.41) is 16.4. The van der Waals surface area contributed by atoms with E-state index in [2.05, 4.69) is 11.6 Å². The van der Waals surface area contributed by atoms with Crippen LogP contribution < -0.4 is 9.62 Å². The fraction of sp³-hybridized carbons (Fsp3) is 0.364. The normalized spacial score (nSPS) is 11.3. The molecular formula is C22H27F3N2O6S. The lowest BCUT2D eigenvalue weighted by Gasteiger charge is -2.23. The Morgan fingerprint density at radius 2 is 1.65 bits per heavy atom. The van der Waals surface area contributed by atoms with E-state index in [0.29, 0.717) is 11.3 Å². The van der Waals surface area contributed by atoms with Gasteiger partial charge in [0.05, 0.1) is 21.8 Å². The molecule has 0 aliphatic carbocycles. The number of carboxylic acid groups (broad SMARTS) is 2. The Morgan fingerprint density at radius 3 is 2.12 bits per heavy atom. The summed E-state index contributed by atoms with van der Waals surface area (Å²) in [5.74, 6) is -3.86. The van der Waals surface area contributed by atoms with Gasteiger partial charge in [-0.25, -0.2) is 18.0 Å². The number of rotatable bonds is 8. The van der Waals surface area contributed by atoms with Gasteiger partial charge in [-0.2, -0.15) is 13.2 Å². The van der Waals surface area contributed by atoms with E-state index in [0.717, 1.165) is 24.9 Å². The first-order valence-corrected chi connectivity index (χ1v) is 11.6. The van der Waals surface area contributed by atoms with Crippen LogP contribution in [0.3, 0.4) is 0 Å². The number of anilines is 2. The van der Waals surface area contributed by atoms with Crippen LogP contribution in [0.2, 0.25) is 0 Å². The number of hydrogen-bond acceptors (Lipinski definition) is 5. The van der Waals surface area contributed by atoms with Crippen LogP contribution in [0, 0.1) is 13.8 Å². The van der Waals surface area contributed by atoms with Gasteiger partial charge in [-0.05, 0) is 50.1 Å². The molecular weight excluding hydrogens is 477 g/mol. The van der Waals surface area contributed by atoms with Crippen molar-refractivity contribution in [2.24, 2.45) is 0 Å². The summed E-state index contributed by atoms with van der Waals surface area (Å²) in [6, 6.07) is 9.59. The summed E-state index contributed by atoms with van der Waals surface area (Å²) in [5.41, 5.74) is 2.54. The van der Waals surface area contributed by atoms with Crippen molar-refractivity contribution in [1.29, 1.82) is 0 Å². The molecule has 34 heavy (non-hydrogen) atoms. The van der Waals surface area contributed by atoms with E-state index >= 15 is 0 Å². The number of aromatic carboxylic acids is 1. The highest BCUT2D eigenvalue weighted by Crippen LogP contribution is 2.30. The van der Waals surface area contributed by atoms with Gasteiger partial charge in [0.2, 0.25) is 0 Å². The zero-order valence-corrected chi connectivity index (χ0v) is 19.9. The van der Waals surface area contributed by atoms with E-state index in [-0.39, 0.29) is 16.1 Å². The van der Waals surface area contributed by atoms with Crippen LogP contribution in [-0.2, 0) is 14.8 Å². The number of aryl methyl sites for hydroxylation is 2. The van der Waals surface area contributed by atoms with E-state index in [4.69, 9.17) is 9.90 Å². The topological polar surface area (TPSA) is 124 Å². The molecule has 0 saturated heterocycles. The number of alkyl halides is 3. The second-order valence-corrected chi connectivity index (χ2v) is 9.14. The number of nitrogens with zero attached hydrogens (tertiary/aromatic N) is 1. The molecule has 3 N–H and O–H groups in total. The third kappa shape index (κ3) is 8.25. The lowest BCUT2D eigenvalue weighted by atomic mass is 10.1. The second kappa shape index (κ2) is 11.7. The van der Waals surface area contributed by atoms with Crippen molar-refractivity contribution in [3.63, 3.8) is 0 Å². The summed E-state index contributed by atoms with van der Waals surface area (Å²) >= 11 is 0. The fourth-order valence-electron chi connectivity index (χ4n) is 2.90. The van der Waals surface area contributed by atoms with Crippen molar-refractivity contribution in [3.05, 3.63) is 53.1 Å². The number of hydrogen-bond donors (Lipinski definition) is 3. The zero-order valence-electron chi connectivity index (χ0n) is 19.1. The van der Waals surface area contributed by atoms with Gasteiger partial charge >= 0.3 is 18.1 Å². The van der Waals surface area contributed by atoms with Crippen LogP contribution in [0.4, 0.5) is 24.5 Å². The summed E-state index contributed by atoms with van der Waals surface area (Å²) in [6.45, 7) is 6.45. The van der Waals surface area contributed by atoms with Crippen LogP contribution >= 0.6 is 0 Å². The molecule has 0 radical (unpaired) electrons. The molecule has 0 unspecified atom stereocenters. The number of carboxylic acids is 2. The van der Waals surface area contributed by atoms with Crippen LogP contribution in [0.15, 0.2) is 41.3 Å². The molecule has 0 fully saturated rings. The predicted molar refractivity (Wildman–Crippen MR) is 122 cm³/mol. The summed E-state index contributed by atoms with van der Waals surface area (Å²) in [6.07, 6.45) is -3.14. The smallest absolute Gasteiger partial charge is 0.478 e. The second-order valence-electron chi connectivity index (χ2n) is 7.49. The van der Waals surface area contributed by atoms with E-state index < -0.39 is 28.1 Å². The van der Waals surface area contributed by atoms with Crippen molar-refractivity contribution < 1.29 is 41.4 Å². The Labute approximate surface area is 196 Å². The third-order valence-corrected chi connectivity index (χ3v) is 6.13. The van der Waals surface area contributed by atoms with Gasteiger partial charge in [0.15, 0.2) is 0 Å². The molecule has 0 aliphatic rings. The first kappa shape index (κ1) is 28.8. The van der Waals surface area contributed by atoms with Crippen molar-refractivity contribution in [3.8, 4) is 0 Å². The van der Waals surface area contributed by atoms with E-state index in [1.54, 1.807) is 31.2 Å². The summed E-state index contributed by atoms with van der Waals surface area (Å²) in [7, 11) is -1.99. The maximum absolute atomic E-state index is 12.9. The minimum atomic E-state index is -5.08. The predicted octanol–water partition coefficient (Wildman–Crippen LogP) is 4.67. The summed E-state index contributed by atoms with van der Waals surface area (Å²) < 4.78 is 60.2. The van der Waals surface area contributed by atoms with Gasteiger partial charge in [-0.15, -0.1) is 0 Å². The van der Waals surface area contributed by atoms with Gasteiger partial charge < -0.3 is 15.1 Å². The van der Waals surface area contributed by atoms with Crippen LogP contribution in [0.25, 0.3) is 0 Å². The molecule has 0 saturated carbocycles. The summed E-state index contributed by atoms with van der Waals surface area (Å²) in [4.78, 5) is 22.3.